The van der Waals surface area contributed by atoms with Crippen molar-refractivity contribution in [1.29, 1.82) is 0 Å². The minimum atomic E-state index is -0.283. The summed E-state index contributed by atoms with van der Waals surface area (Å²) in [5.74, 6) is 1.49. The Bertz CT molecular complexity index is 1140. The minimum absolute atomic E-state index is 0.0481. The smallest absolute Gasteiger partial charge is 0.263 e. The van der Waals surface area contributed by atoms with Crippen molar-refractivity contribution in [1.82, 2.24) is 4.90 Å². The van der Waals surface area contributed by atoms with Gasteiger partial charge in [0.2, 0.25) is 0 Å². The summed E-state index contributed by atoms with van der Waals surface area (Å²) in [6.07, 6.45) is 6.39. The zero-order valence-electron chi connectivity index (χ0n) is 18.5. The number of hydrogen-bond acceptors (Lipinski definition) is 4. The Balaban J connectivity index is 1.42. The molecule has 1 N–H and O–H groups in total. The zero-order valence-corrected chi connectivity index (χ0v) is 19.4. The van der Waals surface area contributed by atoms with E-state index in [0.29, 0.717) is 22.3 Å². The lowest BCUT2D eigenvalue weighted by Gasteiger charge is -2.39. The fourth-order valence-electron chi connectivity index (χ4n) is 4.70. The highest BCUT2D eigenvalue weighted by molar-refractivity contribution is 8.05. The van der Waals surface area contributed by atoms with Crippen LogP contribution in [0.1, 0.15) is 38.4 Å². The van der Waals surface area contributed by atoms with Gasteiger partial charge in [-0.15, -0.1) is 0 Å². The van der Waals surface area contributed by atoms with E-state index in [0.717, 1.165) is 30.5 Å². The molecule has 33 heavy (non-hydrogen) atoms. The second-order valence-corrected chi connectivity index (χ2v) is 9.86. The molecule has 2 aliphatic rings. The van der Waals surface area contributed by atoms with Gasteiger partial charge in [-0.2, -0.15) is 0 Å². The second-order valence-electron chi connectivity index (χ2n) is 8.74. The third kappa shape index (κ3) is 4.71. The van der Waals surface area contributed by atoms with E-state index >= 15 is 0 Å². The van der Waals surface area contributed by atoms with Gasteiger partial charge in [-0.3, -0.25) is 4.79 Å². The average molecular weight is 463 g/mol. The standard InChI is InChI=1S/C27H27FN2O2S/c1-18-7-5-6-10-23(18)30-26(31)25(33-27(30)29-21-8-3-2-4-9-21)17-22-15-16-24(32-22)19-11-13-20(28)14-12-19/h2-4,8-9,11-18,23,27,29H,5-7,10H2,1H3/b25-17-/t18-,23+,27?/m0/s1. The lowest BCUT2D eigenvalue weighted by atomic mass is 9.85. The van der Waals surface area contributed by atoms with Crippen molar-refractivity contribution in [3.05, 3.63) is 83.2 Å². The summed E-state index contributed by atoms with van der Waals surface area (Å²) in [6, 6.07) is 20.1. The number of nitrogens with zero attached hydrogens (tertiary/aromatic N) is 1. The largest absolute Gasteiger partial charge is 0.457 e. The molecule has 1 aliphatic carbocycles. The van der Waals surface area contributed by atoms with Crippen LogP contribution in [0.25, 0.3) is 17.4 Å². The maximum atomic E-state index is 13.6. The molecule has 4 nitrogen and oxygen atoms in total. The van der Waals surface area contributed by atoms with Crippen molar-refractivity contribution in [2.75, 3.05) is 5.32 Å². The zero-order chi connectivity index (χ0) is 22.8. The number of benzene rings is 2. The van der Waals surface area contributed by atoms with Crippen LogP contribution in [0.15, 0.2) is 76.1 Å². The first-order valence-corrected chi connectivity index (χ1v) is 12.3. The molecule has 2 heterocycles. The number of rotatable bonds is 5. The highest BCUT2D eigenvalue weighted by Gasteiger charge is 2.43. The first-order chi connectivity index (χ1) is 16.1. The first-order valence-electron chi connectivity index (χ1n) is 11.5. The number of nitrogens with one attached hydrogen (secondary N) is 1. The summed E-state index contributed by atoms with van der Waals surface area (Å²) in [4.78, 5) is 16.3. The predicted molar refractivity (Wildman–Crippen MR) is 132 cm³/mol. The van der Waals surface area contributed by atoms with Gasteiger partial charge in [-0.25, -0.2) is 4.39 Å². The molecular formula is C27H27FN2O2S. The topological polar surface area (TPSA) is 45.5 Å². The van der Waals surface area contributed by atoms with Gasteiger partial charge in [0.25, 0.3) is 5.91 Å². The second kappa shape index (κ2) is 9.48. The molecule has 170 valence electrons. The Morgan fingerprint density at radius 1 is 1.03 bits per heavy atom. The molecule has 3 aromatic rings. The lowest BCUT2D eigenvalue weighted by molar-refractivity contribution is -0.129. The van der Waals surface area contributed by atoms with Crippen molar-refractivity contribution in [3.8, 4) is 11.3 Å². The first kappa shape index (κ1) is 21.8. The maximum Gasteiger partial charge on any atom is 0.263 e. The van der Waals surface area contributed by atoms with Gasteiger partial charge < -0.3 is 14.6 Å². The number of carbonyl (C=O) groups excluding carboxylic acids is 1. The van der Waals surface area contributed by atoms with E-state index in [2.05, 4.69) is 12.2 Å². The summed E-state index contributed by atoms with van der Waals surface area (Å²) in [5.41, 5.74) is 1.63. The molecule has 1 saturated carbocycles. The van der Waals surface area contributed by atoms with Crippen molar-refractivity contribution in [3.63, 3.8) is 0 Å². The fourth-order valence-corrected chi connectivity index (χ4v) is 5.89. The monoisotopic (exact) mass is 462 g/mol. The number of amides is 1. The number of anilines is 1. The van der Waals surface area contributed by atoms with Gasteiger partial charge in [0.1, 0.15) is 17.3 Å². The number of para-hydroxylation sites is 1. The van der Waals surface area contributed by atoms with Crippen LogP contribution in [0.5, 0.6) is 0 Å². The summed E-state index contributed by atoms with van der Waals surface area (Å²) in [7, 11) is 0. The van der Waals surface area contributed by atoms with Crippen molar-refractivity contribution >= 4 is 29.4 Å². The van der Waals surface area contributed by atoms with E-state index in [1.807, 2.05) is 53.4 Å². The van der Waals surface area contributed by atoms with E-state index in [1.165, 1.54) is 30.3 Å². The van der Waals surface area contributed by atoms with Crippen molar-refractivity contribution < 1.29 is 13.6 Å². The van der Waals surface area contributed by atoms with E-state index < -0.39 is 0 Å². The molecule has 1 aliphatic heterocycles. The molecule has 1 amide bonds. The molecule has 6 heteroatoms. The van der Waals surface area contributed by atoms with Gasteiger partial charge in [-0.05, 0) is 67.3 Å². The summed E-state index contributed by atoms with van der Waals surface area (Å²) < 4.78 is 19.2. The highest BCUT2D eigenvalue weighted by atomic mass is 32.2. The SMILES string of the molecule is C[C@H]1CCCC[C@H]1N1C(=O)/C(=C/c2ccc(-c3ccc(F)cc3)o2)SC1Nc1ccccc1. The number of carbonyl (C=O) groups is 1. The summed E-state index contributed by atoms with van der Waals surface area (Å²) in [6.45, 7) is 2.25. The van der Waals surface area contributed by atoms with Crippen LogP contribution in [0.2, 0.25) is 0 Å². The molecular weight excluding hydrogens is 435 g/mol. The van der Waals surface area contributed by atoms with Crippen LogP contribution in [0.3, 0.4) is 0 Å². The van der Waals surface area contributed by atoms with Gasteiger partial charge in [0.05, 0.1) is 4.91 Å². The van der Waals surface area contributed by atoms with E-state index in [1.54, 1.807) is 12.1 Å². The Hall–Kier alpha value is -2.99. The molecule has 5 rings (SSSR count). The number of thioether (sulfide) groups is 1. The quantitative estimate of drug-likeness (QED) is 0.416. The molecule has 3 atom stereocenters. The Kier molecular flexibility index (Phi) is 6.27. The van der Waals surface area contributed by atoms with Gasteiger partial charge in [0.15, 0.2) is 5.50 Å². The number of furan rings is 1. The van der Waals surface area contributed by atoms with Gasteiger partial charge in [0, 0.05) is 23.4 Å². The molecule has 2 aromatic carbocycles. The third-order valence-electron chi connectivity index (χ3n) is 6.45. The van der Waals surface area contributed by atoms with Crippen molar-refractivity contribution in [2.24, 2.45) is 5.92 Å². The Morgan fingerprint density at radius 2 is 1.79 bits per heavy atom. The van der Waals surface area contributed by atoms with Crippen LogP contribution in [-0.2, 0) is 4.79 Å². The maximum absolute atomic E-state index is 13.6. The highest BCUT2D eigenvalue weighted by Crippen LogP contribution is 2.42. The third-order valence-corrected chi connectivity index (χ3v) is 7.57. The number of halogens is 1. The Morgan fingerprint density at radius 3 is 2.55 bits per heavy atom. The van der Waals surface area contributed by atoms with E-state index in [4.69, 9.17) is 4.42 Å². The minimum Gasteiger partial charge on any atom is -0.457 e. The number of hydrogen-bond donors (Lipinski definition) is 1. The predicted octanol–water partition coefficient (Wildman–Crippen LogP) is 6.98. The molecule has 0 bridgehead atoms. The van der Waals surface area contributed by atoms with Crippen LogP contribution in [0.4, 0.5) is 10.1 Å². The van der Waals surface area contributed by atoms with E-state index in [-0.39, 0.29) is 23.3 Å². The molecule has 1 aromatic heterocycles. The van der Waals surface area contributed by atoms with Crippen LogP contribution in [0, 0.1) is 11.7 Å². The lowest BCUT2D eigenvalue weighted by Crippen LogP contribution is -2.48. The molecule has 1 unspecified atom stereocenters. The van der Waals surface area contributed by atoms with Crippen LogP contribution >= 0.6 is 11.8 Å². The normalized spacial score (nSPS) is 24.4. The Labute approximate surface area is 197 Å². The fraction of sp³-hybridized carbons (Fsp3) is 0.296. The average Bonchev–Trinajstić information content (AvgIpc) is 3.40. The van der Waals surface area contributed by atoms with Gasteiger partial charge >= 0.3 is 0 Å². The summed E-state index contributed by atoms with van der Waals surface area (Å²) >= 11 is 1.54. The molecule has 2 fully saturated rings. The van der Waals surface area contributed by atoms with Crippen LogP contribution in [-0.4, -0.2) is 22.3 Å². The van der Waals surface area contributed by atoms with Crippen LogP contribution < -0.4 is 5.32 Å². The summed E-state index contributed by atoms with van der Waals surface area (Å²) in [5, 5.41) is 3.55. The molecule has 0 radical (unpaired) electrons. The van der Waals surface area contributed by atoms with E-state index in [9.17, 15) is 9.18 Å². The molecule has 1 saturated heterocycles. The molecule has 0 spiro atoms. The van der Waals surface area contributed by atoms with Gasteiger partial charge in [-0.1, -0.05) is 49.7 Å². The van der Waals surface area contributed by atoms with Crippen molar-refractivity contribution in [2.45, 2.75) is 44.1 Å².